The van der Waals surface area contributed by atoms with Gasteiger partial charge in [-0.2, -0.15) is 0 Å². The number of carbonyl (C=O) groups excluding carboxylic acids is 1. The number of hydrogen-bond acceptors (Lipinski definition) is 3. The summed E-state index contributed by atoms with van der Waals surface area (Å²) in [5.41, 5.74) is 6.93. The van der Waals surface area contributed by atoms with Crippen LogP contribution in [0.5, 0.6) is 5.75 Å². The molecule has 4 nitrogen and oxygen atoms in total. The summed E-state index contributed by atoms with van der Waals surface area (Å²) < 4.78 is 5.19. The Balaban J connectivity index is 2.13. The Bertz CT molecular complexity index is 448. The SMILES string of the molecule is COc1cccc(N(C)C(=O)C2CCCCC2N)c1. The van der Waals surface area contributed by atoms with Crippen LogP contribution in [-0.2, 0) is 4.79 Å². The molecule has 0 bridgehead atoms. The number of anilines is 1. The highest BCUT2D eigenvalue weighted by Gasteiger charge is 2.30. The molecule has 0 spiro atoms. The van der Waals surface area contributed by atoms with Gasteiger partial charge >= 0.3 is 0 Å². The van der Waals surface area contributed by atoms with Crippen molar-refractivity contribution in [2.45, 2.75) is 31.7 Å². The van der Waals surface area contributed by atoms with Gasteiger partial charge in [-0.3, -0.25) is 4.79 Å². The summed E-state index contributed by atoms with van der Waals surface area (Å²) in [6.45, 7) is 0. The number of benzene rings is 1. The van der Waals surface area contributed by atoms with Gasteiger partial charge < -0.3 is 15.4 Å². The molecule has 0 heterocycles. The number of hydrogen-bond donors (Lipinski definition) is 1. The highest BCUT2D eigenvalue weighted by atomic mass is 16.5. The van der Waals surface area contributed by atoms with Crippen LogP contribution in [0.2, 0.25) is 0 Å². The van der Waals surface area contributed by atoms with E-state index >= 15 is 0 Å². The van der Waals surface area contributed by atoms with E-state index in [9.17, 15) is 4.79 Å². The van der Waals surface area contributed by atoms with Crippen LogP contribution >= 0.6 is 0 Å². The molecular weight excluding hydrogens is 240 g/mol. The van der Waals surface area contributed by atoms with Crippen LogP contribution in [0.4, 0.5) is 5.69 Å². The number of amides is 1. The van der Waals surface area contributed by atoms with Crippen molar-refractivity contribution in [3.63, 3.8) is 0 Å². The number of rotatable bonds is 3. The van der Waals surface area contributed by atoms with Crippen LogP contribution in [0.25, 0.3) is 0 Å². The summed E-state index contributed by atoms with van der Waals surface area (Å²) in [5.74, 6) is 0.815. The molecule has 4 heteroatoms. The molecule has 2 N–H and O–H groups in total. The smallest absolute Gasteiger partial charge is 0.231 e. The summed E-state index contributed by atoms with van der Waals surface area (Å²) in [6.07, 6.45) is 4.07. The molecule has 2 atom stereocenters. The molecule has 2 unspecified atom stereocenters. The van der Waals surface area contributed by atoms with Gasteiger partial charge in [0.15, 0.2) is 0 Å². The van der Waals surface area contributed by atoms with Gasteiger partial charge in [0.1, 0.15) is 5.75 Å². The van der Waals surface area contributed by atoms with Crippen LogP contribution in [-0.4, -0.2) is 26.1 Å². The highest BCUT2D eigenvalue weighted by Crippen LogP contribution is 2.27. The Morgan fingerprint density at radius 1 is 1.37 bits per heavy atom. The summed E-state index contributed by atoms with van der Waals surface area (Å²) >= 11 is 0. The average Bonchev–Trinajstić information content (AvgIpc) is 2.46. The van der Waals surface area contributed by atoms with E-state index in [1.54, 1.807) is 19.1 Å². The van der Waals surface area contributed by atoms with Crippen LogP contribution < -0.4 is 15.4 Å². The van der Waals surface area contributed by atoms with Crippen LogP contribution in [0.3, 0.4) is 0 Å². The van der Waals surface area contributed by atoms with Gasteiger partial charge in [-0.05, 0) is 25.0 Å². The predicted molar refractivity (Wildman–Crippen MR) is 76.3 cm³/mol. The molecule has 1 aromatic carbocycles. The maximum Gasteiger partial charge on any atom is 0.231 e. The Morgan fingerprint density at radius 2 is 2.11 bits per heavy atom. The fraction of sp³-hybridized carbons (Fsp3) is 0.533. The molecule has 19 heavy (non-hydrogen) atoms. The zero-order valence-corrected chi connectivity index (χ0v) is 11.6. The van der Waals surface area contributed by atoms with E-state index in [1.165, 1.54) is 0 Å². The fourth-order valence-electron chi connectivity index (χ4n) is 2.66. The number of carbonyl (C=O) groups is 1. The molecule has 104 valence electrons. The van der Waals surface area contributed by atoms with E-state index in [0.29, 0.717) is 0 Å². The first-order chi connectivity index (χ1) is 9.13. The zero-order chi connectivity index (χ0) is 13.8. The Hall–Kier alpha value is -1.55. The third-order valence-electron chi connectivity index (χ3n) is 3.91. The van der Waals surface area contributed by atoms with E-state index in [2.05, 4.69) is 0 Å². The second-order valence-corrected chi connectivity index (χ2v) is 5.15. The van der Waals surface area contributed by atoms with Crippen molar-refractivity contribution < 1.29 is 9.53 Å². The number of methoxy groups -OCH3 is 1. The normalized spacial score (nSPS) is 22.9. The lowest BCUT2D eigenvalue weighted by molar-refractivity contribution is -0.123. The summed E-state index contributed by atoms with van der Waals surface area (Å²) in [6, 6.07) is 7.53. The monoisotopic (exact) mass is 262 g/mol. The molecule has 1 aliphatic carbocycles. The summed E-state index contributed by atoms with van der Waals surface area (Å²) in [5, 5.41) is 0. The van der Waals surface area contributed by atoms with Crippen LogP contribution in [0.15, 0.2) is 24.3 Å². The molecular formula is C15H22N2O2. The number of nitrogens with two attached hydrogens (primary N) is 1. The van der Waals surface area contributed by atoms with Crippen molar-refractivity contribution >= 4 is 11.6 Å². The third kappa shape index (κ3) is 3.07. The third-order valence-corrected chi connectivity index (χ3v) is 3.91. The first kappa shape index (κ1) is 13.9. The number of nitrogens with zero attached hydrogens (tertiary/aromatic N) is 1. The highest BCUT2D eigenvalue weighted by molar-refractivity contribution is 5.95. The van der Waals surface area contributed by atoms with Gasteiger partial charge in [0.25, 0.3) is 0 Å². The molecule has 0 radical (unpaired) electrons. The maximum atomic E-state index is 12.5. The minimum atomic E-state index is -0.0510. The van der Waals surface area contributed by atoms with Gasteiger partial charge in [0.2, 0.25) is 5.91 Å². The van der Waals surface area contributed by atoms with Gasteiger partial charge in [-0.1, -0.05) is 18.9 Å². The molecule has 0 aliphatic heterocycles. The van der Waals surface area contributed by atoms with Crippen molar-refractivity contribution in [3.05, 3.63) is 24.3 Å². The quantitative estimate of drug-likeness (QED) is 0.908. The summed E-state index contributed by atoms with van der Waals surface area (Å²) in [4.78, 5) is 14.2. The van der Waals surface area contributed by atoms with E-state index in [-0.39, 0.29) is 17.9 Å². The van der Waals surface area contributed by atoms with E-state index in [1.807, 2.05) is 24.3 Å². The Labute approximate surface area is 114 Å². The first-order valence-electron chi connectivity index (χ1n) is 6.80. The van der Waals surface area contributed by atoms with Crippen molar-refractivity contribution in [1.29, 1.82) is 0 Å². The topological polar surface area (TPSA) is 55.6 Å². The van der Waals surface area contributed by atoms with Gasteiger partial charge in [-0.15, -0.1) is 0 Å². The average molecular weight is 262 g/mol. The molecule has 2 rings (SSSR count). The molecule has 1 aliphatic rings. The van der Waals surface area contributed by atoms with Gasteiger partial charge in [0, 0.05) is 24.8 Å². The second-order valence-electron chi connectivity index (χ2n) is 5.15. The first-order valence-corrected chi connectivity index (χ1v) is 6.80. The fourth-order valence-corrected chi connectivity index (χ4v) is 2.66. The van der Waals surface area contributed by atoms with Crippen molar-refractivity contribution in [2.24, 2.45) is 11.7 Å². The Kier molecular flexibility index (Phi) is 4.43. The van der Waals surface area contributed by atoms with Gasteiger partial charge in [-0.25, -0.2) is 0 Å². The van der Waals surface area contributed by atoms with E-state index < -0.39 is 0 Å². The van der Waals surface area contributed by atoms with Crippen LogP contribution in [0, 0.1) is 5.92 Å². The largest absolute Gasteiger partial charge is 0.497 e. The lowest BCUT2D eigenvalue weighted by Gasteiger charge is -2.31. The molecule has 1 amide bonds. The van der Waals surface area contributed by atoms with Gasteiger partial charge in [0.05, 0.1) is 13.0 Å². The van der Waals surface area contributed by atoms with Crippen LogP contribution in [0.1, 0.15) is 25.7 Å². The molecule has 1 saturated carbocycles. The minimum absolute atomic E-state index is 0.00527. The van der Waals surface area contributed by atoms with Crippen molar-refractivity contribution in [1.82, 2.24) is 0 Å². The Morgan fingerprint density at radius 3 is 2.79 bits per heavy atom. The number of ether oxygens (including phenoxy) is 1. The zero-order valence-electron chi connectivity index (χ0n) is 11.6. The standard InChI is InChI=1S/C15H22N2O2/c1-17(11-6-5-7-12(10-11)19-2)15(18)13-8-3-4-9-14(13)16/h5-7,10,13-14H,3-4,8-9,16H2,1-2H3. The van der Waals surface area contributed by atoms with E-state index in [4.69, 9.17) is 10.5 Å². The second kappa shape index (κ2) is 6.06. The molecule has 0 aromatic heterocycles. The lowest BCUT2D eigenvalue weighted by atomic mass is 9.84. The molecule has 1 fully saturated rings. The van der Waals surface area contributed by atoms with E-state index in [0.717, 1.165) is 37.1 Å². The molecule has 0 saturated heterocycles. The van der Waals surface area contributed by atoms with Crippen molar-refractivity contribution in [2.75, 3.05) is 19.1 Å². The van der Waals surface area contributed by atoms with Crippen molar-refractivity contribution in [3.8, 4) is 5.75 Å². The predicted octanol–water partition coefficient (Wildman–Crippen LogP) is 2.18. The molecule has 1 aromatic rings. The maximum absolute atomic E-state index is 12.5. The summed E-state index contributed by atoms with van der Waals surface area (Å²) in [7, 11) is 3.43. The minimum Gasteiger partial charge on any atom is -0.497 e. The lowest BCUT2D eigenvalue weighted by Crippen LogP contribution is -2.44.